The van der Waals surface area contributed by atoms with Gasteiger partial charge in [-0.3, -0.25) is 4.79 Å². The van der Waals surface area contributed by atoms with E-state index in [0.717, 1.165) is 23.9 Å². The number of nitrogens with zero attached hydrogens (tertiary/aromatic N) is 3. The van der Waals surface area contributed by atoms with Gasteiger partial charge in [-0.05, 0) is 30.7 Å². The van der Waals surface area contributed by atoms with Gasteiger partial charge in [0.25, 0.3) is 5.91 Å². The number of aryl methyl sites for hydroxylation is 1. The van der Waals surface area contributed by atoms with Crippen LogP contribution >= 0.6 is 0 Å². The summed E-state index contributed by atoms with van der Waals surface area (Å²) in [6.45, 7) is 2.82. The van der Waals surface area contributed by atoms with Crippen molar-refractivity contribution in [3.63, 3.8) is 0 Å². The predicted octanol–water partition coefficient (Wildman–Crippen LogP) is 4.22. The molecule has 2 aromatic carbocycles. The number of aromatic nitrogens is 3. The summed E-state index contributed by atoms with van der Waals surface area (Å²) in [4.78, 5) is 22.4. The molecule has 1 amide bonds. The Morgan fingerprint density at radius 3 is 2.41 bits per heavy atom. The van der Waals surface area contributed by atoms with Crippen LogP contribution in [0, 0.1) is 0 Å². The Morgan fingerprint density at radius 1 is 1.04 bits per heavy atom. The number of nitrogens with one attached hydrogen (secondary N) is 1. The lowest BCUT2D eigenvalue weighted by Gasteiger charge is -2.07. The largest absolute Gasteiger partial charge is 0.384 e. The zero-order valence-electron chi connectivity index (χ0n) is 15.1. The molecule has 6 heteroatoms. The third-order valence-electron chi connectivity index (χ3n) is 4.59. The summed E-state index contributed by atoms with van der Waals surface area (Å²) in [7, 11) is 0. The molecule has 0 unspecified atom stereocenters. The Hall–Kier alpha value is -3.41. The summed E-state index contributed by atoms with van der Waals surface area (Å²) in [5, 5.41) is 2.91. The normalized spacial score (nSPS) is 11.1. The molecule has 0 aliphatic rings. The highest BCUT2D eigenvalue weighted by Gasteiger charge is 2.23. The number of carbonyl (C=O) groups excluding carboxylic acids is 1. The van der Waals surface area contributed by atoms with Crippen LogP contribution in [0.15, 0.2) is 54.6 Å². The molecule has 27 heavy (non-hydrogen) atoms. The lowest BCUT2D eigenvalue weighted by molar-refractivity contribution is 0.102. The van der Waals surface area contributed by atoms with Gasteiger partial charge in [0.1, 0.15) is 16.9 Å². The number of nitrogen functional groups attached to an aromatic ring is 1. The lowest BCUT2D eigenvalue weighted by atomic mass is 10.2. The van der Waals surface area contributed by atoms with Gasteiger partial charge in [-0.1, -0.05) is 43.7 Å². The summed E-state index contributed by atoms with van der Waals surface area (Å²) in [5.41, 5.74) is 10.2. The first-order valence-electron chi connectivity index (χ1n) is 9.10. The maximum Gasteiger partial charge on any atom is 0.261 e. The third kappa shape index (κ3) is 3.10. The first-order valence-corrected chi connectivity index (χ1v) is 9.10. The molecule has 6 nitrogen and oxygen atoms in total. The smallest absolute Gasteiger partial charge is 0.261 e. The van der Waals surface area contributed by atoms with Gasteiger partial charge in [0.2, 0.25) is 0 Å². The Bertz CT molecular complexity index is 1120. The van der Waals surface area contributed by atoms with E-state index >= 15 is 0 Å². The van der Waals surface area contributed by atoms with Gasteiger partial charge in [-0.25, -0.2) is 9.97 Å². The maximum absolute atomic E-state index is 13.0. The zero-order valence-corrected chi connectivity index (χ0v) is 15.1. The Labute approximate surface area is 157 Å². The highest BCUT2D eigenvalue weighted by molar-refractivity contribution is 6.16. The van der Waals surface area contributed by atoms with E-state index in [2.05, 4.69) is 12.2 Å². The molecule has 0 saturated carbocycles. The number of benzene rings is 2. The van der Waals surface area contributed by atoms with E-state index in [1.54, 1.807) is 0 Å². The Morgan fingerprint density at radius 2 is 1.70 bits per heavy atom. The molecule has 136 valence electrons. The van der Waals surface area contributed by atoms with E-state index in [9.17, 15) is 4.79 Å². The zero-order chi connectivity index (χ0) is 18.8. The minimum absolute atomic E-state index is 0.275. The van der Waals surface area contributed by atoms with Crippen LogP contribution in [0.25, 0.3) is 22.2 Å². The number of unbranched alkanes of at least 4 members (excludes halogenated alkanes) is 1. The fourth-order valence-corrected chi connectivity index (χ4v) is 3.20. The summed E-state index contributed by atoms with van der Waals surface area (Å²) in [5.74, 6) is 0.130. The number of amides is 1. The number of nitrogens with two attached hydrogens (primary N) is 1. The molecule has 2 heterocycles. The molecule has 2 aromatic heterocycles. The second-order valence-corrected chi connectivity index (χ2v) is 6.47. The topological polar surface area (TPSA) is 85.8 Å². The van der Waals surface area contributed by atoms with Gasteiger partial charge in [-0.2, -0.15) is 0 Å². The van der Waals surface area contributed by atoms with Crippen LogP contribution in [0.4, 0.5) is 11.5 Å². The van der Waals surface area contributed by atoms with Gasteiger partial charge in [0.15, 0.2) is 5.65 Å². The number of hydrogen-bond acceptors (Lipinski definition) is 4. The lowest BCUT2D eigenvalue weighted by Crippen LogP contribution is -2.14. The van der Waals surface area contributed by atoms with Crippen molar-refractivity contribution in [3.05, 3.63) is 60.2 Å². The molecule has 0 saturated heterocycles. The molecule has 0 radical (unpaired) electrons. The SMILES string of the molecule is CCCCn1c(N)c(C(=O)Nc2ccccc2)c2nc3ccccc3nc21. The van der Waals surface area contributed by atoms with E-state index in [4.69, 9.17) is 15.7 Å². The van der Waals surface area contributed by atoms with E-state index in [0.29, 0.717) is 34.8 Å². The summed E-state index contributed by atoms with van der Waals surface area (Å²) in [6, 6.07) is 17.0. The standard InChI is InChI=1S/C21H21N5O/c1-2-3-13-26-19(22)17(21(27)23-14-9-5-4-6-10-14)18-20(26)25-16-12-8-7-11-15(16)24-18/h4-12H,2-3,13,22H2,1H3,(H,23,27). The molecule has 0 aliphatic heterocycles. The van der Waals surface area contributed by atoms with Crippen molar-refractivity contribution >= 4 is 39.6 Å². The molecule has 0 fully saturated rings. The van der Waals surface area contributed by atoms with Crippen molar-refractivity contribution in [2.24, 2.45) is 0 Å². The predicted molar refractivity (Wildman–Crippen MR) is 109 cm³/mol. The average molecular weight is 359 g/mol. The second-order valence-electron chi connectivity index (χ2n) is 6.47. The first kappa shape index (κ1) is 17.0. The summed E-state index contributed by atoms with van der Waals surface area (Å²) < 4.78 is 1.90. The molecule has 0 bridgehead atoms. The van der Waals surface area contributed by atoms with Crippen molar-refractivity contribution in [2.45, 2.75) is 26.3 Å². The number of para-hydroxylation sites is 3. The maximum atomic E-state index is 13.0. The number of anilines is 2. The minimum atomic E-state index is -0.275. The van der Waals surface area contributed by atoms with Crippen molar-refractivity contribution < 1.29 is 4.79 Å². The van der Waals surface area contributed by atoms with Crippen LogP contribution < -0.4 is 11.1 Å². The molecule has 0 atom stereocenters. The fraction of sp³-hybridized carbons (Fsp3) is 0.190. The average Bonchev–Trinajstić information content (AvgIpc) is 2.95. The fourth-order valence-electron chi connectivity index (χ4n) is 3.20. The van der Waals surface area contributed by atoms with Gasteiger partial charge in [0.05, 0.1) is 11.0 Å². The number of carbonyl (C=O) groups is 1. The third-order valence-corrected chi connectivity index (χ3v) is 4.59. The van der Waals surface area contributed by atoms with Crippen molar-refractivity contribution in [1.82, 2.24) is 14.5 Å². The molecular weight excluding hydrogens is 338 g/mol. The summed E-state index contributed by atoms with van der Waals surface area (Å²) >= 11 is 0. The molecule has 4 rings (SSSR count). The van der Waals surface area contributed by atoms with Crippen LogP contribution in [-0.4, -0.2) is 20.4 Å². The van der Waals surface area contributed by atoms with E-state index in [1.807, 2.05) is 59.2 Å². The van der Waals surface area contributed by atoms with E-state index in [-0.39, 0.29) is 5.91 Å². The monoisotopic (exact) mass is 359 g/mol. The Balaban J connectivity index is 1.88. The van der Waals surface area contributed by atoms with Crippen LogP contribution in [0.1, 0.15) is 30.1 Å². The van der Waals surface area contributed by atoms with Crippen molar-refractivity contribution in [1.29, 1.82) is 0 Å². The van der Waals surface area contributed by atoms with Crippen LogP contribution in [0.3, 0.4) is 0 Å². The van der Waals surface area contributed by atoms with Crippen molar-refractivity contribution in [2.75, 3.05) is 11.1 Å². The Kier molecular flexibility index (Phi) is 4.46. The number of fused-ring (bicyclic) bond motifs is 2. The molecule has 4 aromatic rings. The quantitative estimate of drug-likeness (QED) is 0.559. The van der Waals surface area contributed by atoms with Gasteiger partial charge >= 0.3 is 0 Å². The summed E-state index contributed by atoms with van der Waals surface area (Å²) in [6.07, 6.45) is 1.97. The van der Waals surface area contributed by atoms with E-state index < -0.39 is 0 Å². The minimum Gasteiger partial charge on any atom is -0.384 e. The van der Waals surface area contributed by atoms with Gasteiger partial charge < -0.3 is 15.6 Å². The van der Waals surface area contributed by atoms with Gasteiger partial charge in [0, 0.05) is 12.2 Å². The highest BCUT2D eigenvalue weighted by atomic mass is 16.1. The van der Waals surface area contributed by atoms with Crippen LogP contribution in [0.5, 0.6) is 0 Å². The van der Waals surface area contributed by atoms with Crippen LogP contribution in [0.2, 0.25) is 0 Å². The van der Waals surface area contributed by atoms with Crippen LogP contribution in [-0.2, 0) is 6.54 Å². The highest BCUT2D eigenvalue weighted by Crippen LogP contribution is 2.29. The molecule has 0 spiro atoms. The molecule has 3 N–H and O–H groups in total. The molecule has 0 aliphatic carbocycles. The molecular formula is C21H21N5O. The number of hydrogen-bond donors (Lipinski definition) is 2. The van der Waals surface area contributed by atoms with Crippen molar-refractivity contribution in [3.8, 4) is 0 Å². The number of rotatable bonds is 5. The second kappa shape index (κ2) is 7.07. The first-order chi connectivity index (χ1) is 13.2. The van der Waals surface area contributed by atoms with Gasteiger partial charge in [-0.15, -0.1) is 0 Å². The van der Waals surface area contributed by atoms with E-state index in [1.165, 1.54) is 0 Å².